The molecule has 1 unspecified atom stereocenters. The van der Waals surface area contributed by atoms with E-state index in [0.29, 0.717) is 0 Å². The summed E-state index contributed by atoms with van der Waals surface area (Å²) in [5.74, 6) is 0. The van der Waals surface area contributed by atoms with Crippen LogP contribution in [0.3, 0.4) is 0 Å². The number of hydrogen-bond acceptors (Lipinski definition) is 3. The second-order valence-corrected chi connectivity index (χ2v) is 16.2. The first-order chi connectivity index (χ1) is 9.46. The molecule has 0 heterocycles. The average molecular weight is 405 g/mol. The molecule has 0 aromatic heterocycles. The highest BCUT2D eigenvalue weighted by Crippen LogP contribution is 2.63. The summed E-state index contributed by atoms with van der Waals surface area (Å²) in [6.07, 6.45) is 0. The molecular weight excluding hydrogens is 358 g/mol. The van der Waals surface area contributed by atoms with E-state index in [4.69, 9.17) is 4.52 Å². The third-order valence-electron chi connectivity index (χ3n) is 3.06. The molecule has 0 saturated heterocycles. The molecule has 1 atom stereocenters. The van der Waals surface area contributed by atoms with E-state index < -0.39 is 36.0 Å². The maximum Gasteiger partial charge on any atom is 0.333 e. The molecule has 0 aliphatic rings. The van der Waals surface area contributed by atoms with Gasteiger partial charge in [0.05, 0.1) is 10.8 Å². The first kappa shape index (κ1) is 33.0. The number of rotatable bonds is 1. The zero-order valence-electron chi connectivity index (χ0n) is 17.0. The van der Waals surface area contributed by atoms with E-state index in [2.05, 4.69) is 0 Å². The molecule has 25 heavy (non-hydrogen) atoms. The van der Waals surface area contributed by atoms with Crippen molar-refractivity contribution in [3.63, 3.8) is 0 Å². The summed E-state index contributed by atoms with van der Waals surface area (Å²) in [7, 11) is -6.56. The smallest absolute Gasteiger partial charge is 0.333 e. The van der Waals surface area contributed by atoms with Crippen molar-refractivity contribution in [2.75, 3.05) is 0 Å². The van der Waals surface area contributed by atoms with Gasteiger partial charge in [0, 0.05) is 10.3 Å². The molecule has 0 aromatic rings. The van der Waals surface area contributed by atoms with E-state index in [1.54, 1.807) is 83.1 Å². The molecule has 5 nitrogen and oxygen atoms in total. The third-order valence-corrected chi connectivity index (χ3v) is 9.19. The van der Waals surface area contributed by atoms with Crippen molar-refractivity contribution in [2.24, 2.45) is 0 Å². The van der Waals surface area contributed by atoms with E-state index in [9.17, 15) is 18.9 Å². The van der Waals surface area contributed by atoms with Gasteiger partial charge < -0.3 is 14.3 Å². The third kappa shape index (κ3) is 10.9. The van der Waals surface area contributed by atoms with Gasteiger partial charge in [0.15, 0.2) is 0 Å². The molecule has 0 amide bonds. The van der Waals surface area contributed by atoms with Crippen LogP contribution < -0.4 is 0 Å². The molecule has 0 fully saturated rings. The van der Waals surface area contributed by atoms with Gasteiger partial charge in [-0.2, -0.15) is 0 Å². The predicted molar refractivity (Wildman–Crippen MR) is 113 cm³/mol. The number of hydrogen-bond donors (Lipinski definition) is 2. The van der Waals surface area contributed by atoms with Crippen LogP contribution in [0.5, 0.6) is 0 Å². The Balaban J connectivity index is -0.000000164. The highest BCUT2D eigenvalue weighted by atomic mass is 31.2. The van der Waals surface area contributed by atoms with Crippen LogP contribution in [-0.2, 0) is 13.7 Å². The quantitative estimate of drug-likeness (QED) is 0.464. The minimum Gasteiger partial charge on any atom is -0.344 e. The summed E-state index contributed by atoms with van der Waals surface area (Å²) in [4.78, 5) is 19.3. The van der Waals surface area contributed by atoms with Crippen LogP contribution in [0, 0.1) is 0 Å². The highest BCUT2D eigenvalue weighted by Gasteiger charge is 2.44. The Labute approximate surface area is 158 Å². The van der Waals surface area contributed by atoms with Gasteiger partial charge in [0.2, 0.25) is 7.37 Å². The lowest BCUT2D eigenvalue weighted by atomic mass is 10.2. The van der Waals surface area contributed by atoms with Crippen molar-refractivity contribution in [1.82, 2.24) is 0 Å². The lowest BCUT2D eigenvalue weighted by molar-refractivity contribution is 0.103. The van der Waals surface area contributed by atoms with Crippen LogP contribution in [0.15, 0.2) is 0 Å². The largest absolute Gasteiger partial charge is 0.344 e. The Hall–Kier alpha value is 0.340. The highest BCUT2D eigenvalue weighted by molar-refractivity contribution is 7.61. The van der Waals surface area contributed by atoms with E-state index in [-0.39, 0.29) is 14.9 Å². The Morgan fingerprint density at radius 1 is 0.600 bits per heavy atom. The van der Waals surface area contributed by atoms with Gasteiger partial charge in [0.1, 0.15) is 0 Å². The molecule has 0 rings (SSSR count). The first-order valence-electron chi connectivity index (χ1n) is 7.82. The van der Waals surface area contributed by atoms with E-state index >= 15 is 0 Å². The summed E-state index contributed by atoms with van der Waals surface area (Å²) in [5.41, 5.74) is -0.572. The Bertz CT molecular complexity index is 454. The monoisotopic (exact) mass is 404 g/mol. The summed E-state index contributed by atoms with van der Waals surface area (Å²) >= 11 is 0. The average Bonchev–Trinajstić information content (AvgIpc) is 2.08. The lowest BCUT2D eigenvalue weighted by Gasteiger charge is -2.35. The molecule has 158 valence electrons. The van der Waals surface area contributed by atoms with Crippen molar-refractivity contribution in [3.05, 3.63) is 0 Å². The minimum absolute atomic E-state index is 0. The molecule has 0 spiro atoms. The maximum atomic E-state index is 11.8. The molecule has 0 radical (unpaired) electrons. The van der Waals surface area contributed by atoms with Gasteiger partial charge in [0.25, 0.3) is 0 Å². The second-order valence-electron chi connectivity index (χ2n) is 9.81. The van der Waals surface area contributed by atoms with E-state index in [0.717, 1.165) is 0 Å². The van der Waals surface area contributed by atoms with E-state index in [1.807, 2.05) is 0 Å². The van der Waals surface area contributed by atoms with Crippen LogP contribution >= 0.6 is 15.0 Å². The van der Waals surface area contributed by atoms with Gasteiger partial charge in [-0.1, -0.05) is 56.4 Å². The van der Waals surface area contributed by atoms with Gasteiger partial charge in [-0.05, 0) is 41.5 Å². The van der Waals surface area contributed by atoms with Gasteiger partial charge >= 0.3 is 7.60 Å². The molecule has 0 aliphatic carbocycles. The minimum atomic E-state index is -3.50. The second kappa shape index (κ2) is 9.51. The van der Waals surface area contributed by atoms with Crippen molar-refractivity contribution in [2.45, 2.75) is 119 Å². The fourth-order valence-corrected chi connectivity index (χ4v) is 4.54. The Morgan fingerprint density at radius 3 is 0.880 bits per heavy atom. The zero-order valence-corrected chi connectivity index (χ0v) is 18.8. The topological polar surface area (TPSA) is 83.8 Å². The van der Waals surface area contributed by atoms with Gasteiger partial charge in [-0.3, -0.25) is 9.13 Å². The van der Waals surface area contributed by atoms with Crippen LogP contribution in [0.25, 0.3) is 0 Å². The fraction of sp³-hybridized carbons (Fsp3) is 1.00. The molecule has 0 saturated carbocycles. The van der Waals surface area contributed by atoms with E-state index in [1.165, 1.54) is 0 Å². The zero-order chi connectivity index (χ0) is 19.7. The van der Waals surface area contributed by atoms with Crippen molar-refractivity contribution in [1.29, 1.82) is 0 Å². The normalized spacial score (nSPS) is 15.8. The fourth-order valence-electron chi connectivity index (χ4n) is 1.51. The van der Waals surface area contributed by atoms with Gasteiger partial charge in [-0.25, -0.2) is 0 Å². The van der Waals surface area contributed by atoms with Crippen LogP contribution in [0.1, 0.15) is 97.9 Å². The molecule has 0 bridgehead atoms. The first-order valence-corrected chi connectivity index (χ1v) is 11.1. The molecule has 2 N–H and O–H groups in total. The summed E-state index contributed by atoms with van der Waals surface area (Å²) in [6, 6.07) is 0. The Kier molecular flexibility index (Phi) is 12.5. The molecular formula is C18H46O5P2. The summed E-state index contributed by atoms with van der Waals surface area (Å²) in [6.45, 7) is 21.2. The van der Waals surface area contributed by atoms with Crippen LogP contribution in [0.2, 0.25) is 0 Å². The van der Waals surface area contributed by atoms with Crippen molar-refractivity contribution >= 4 is 15.0 Å². The van der Waals surface area contributed by atoms with Crippen LogP contribution in [-0.4, -0.2) is 30.9 Å². The molecule has 0 aromatic carbocycles. The van der Waals surface area contributed by atoms with Crippen molar-refractivity contribution < 1.29 is 23.4 Å². The molecule has 0 aliphatic heterocycles. The standard InChI is InChI=1S/C8H19O3P.C8H19O2P.2CH4/c1-7(2,3)11-12(9,10)8(4,5)6;1-7(2,3)11(9,10)8(4,5)6;;/h1-6H3,(H,9,10);1-6H3,(H,9,10);2*1H4. The van der Waals surface area contributed by atoms with Gasteiger partial charge in [-0.15, -0.1) is 0 Å². The van der Waals surface area contributed by atoms with Crippen molar-refractivity contribution in [3.8, 4) is 0 Å². The van der Waals surface area contributed by atoms with Crippen LogP contribution in [0.4, 0.5) is 0 Å². The summed E-state index contributed by atoms with van der Waals surface area (Å²) in [5, 5.41) is -1.73. The Morgan fingerprint density at radius 2 is 0.840 bits per heavy atom. The maximum absolute atomic E-state index is 11.8. The summed E-state index contributed by atoms with van der Waals surface area (Å²) < 4.78 is 28.5. The predicted octanol–water partition coefficient (Wildman–Crippen LogP) is 6.91. The SMILES string of the molecule is C.C.CC(C)(C)OP(=O)(O)C(C)(C)C.CC(C)(C)P(=O)(O)C(C)(C)C. The lowest BCUT2D eigenvalue weighted by Crippen LogP contribution is -2.28. The molecule has 7 heteroatoms.